The molecule has 7 heteroatoms. The van der Waals surface area contributed by atoms with Gasteiger partial charge in [-0.1, -0.05) is 36.4 Å². The molecule has 156 valence electrons. The highest BCUT2D eigenvalue weighted by molar-refractivity contribution is 14.0. The van der Waals surface area contributed by atoms with Crippen molar-refractivity contribution in [1.82, 2.24) is 10.6 Å². The molecule has 3 aromatic rings. The summed E-state index contributed by atoms with van der Waals surface area (Å²) in [6, 6.07) is 20.1. The van der Waals surface area contributed by atoms with E-state index >= 15 is 0 Å². The molecule has 1 unspecified atom stereocenters. The van der Waals surface area contributed by atoms with Gasteiger partial charge in [0.25, 0.3) is 0 Å². The van der Waals surface area contributed by atoms with Crippen molar-refractivity contribution in [3.8, 4) is 5.75 Å². The van der Waals surface area contributed by atoms with E-state index in [1.807, 2.05) is 42.5 Å². The van der Waals surface area contributed by atoms with Gasteiger partial charge in [0.05, 0.1) is 6.61 Å². The van der Waals surface area contributed by atoms with Gasteiger partial charge in [0.15, 0.2) is 5.96 Å². The largest absolute Gasteiger partial charge is 0.494 e. The molecule has 0 saturated carbocycles. The summed E-state index contributed by atoms with van der Waals surface area (Å²) >= 11 is 1.63. The second-order valence-electron chi connectivity index (χ2n) is 6.45. The lowest BCUT2D eigenvalue weighted by Gasteiger charge is -2.14. The second kappa shape index (κ2) is 12.7. The van der Waals surface area contributed by atoms with E-state index in [1.54, 1.807) is 18.4 Å². The maximum absolute atomic E-state index is 10.5. The first kappa shape index (κ1) is 23.4. The molecule has 1 aromatic heterocycles. The number of thiophene rings is 1. The van der Waals surface area contributed by atoms with Gasteiger partial charge in [-0.15, -0.1) is 35.3 Å². The monoisotopic (exact) mass is 525 g/mol. The van der Waals surface area contributed by atoms with Gasteiger partial charge in [-0.2, -0.15) is 0 Å². The summed E-state index contributed by atoms with van der Waals surface area (Å²) in [6.07, 6.45) is 1.38. The molecule has 29 heavy (non-hydrogen) atoms. The number of aliphatic hydroxyl groups is 1. The fourth-order valence-electron chi connectivity index (χ4n) is 2.82. The Morgan fingerprint density at radius 2 is 1.83 bits per heavy atom. The van der Waals surface area contributed by atoms with Crippen LogP contribution in [-0.2, 0) is 0 Å². The quantitative estimate of drug-likeness (QED) is 0.166. The van der Waals surface area contributed by atoms with E-state index < -0.39 is 6.10 Å². The van der Waals surface area contributed by atoms with Crippen LogP contribution in [0.3, 0.4) is 0 Å². The lowest BCUT2D eigenvalue weighted by molar-refractivity contribution is 0.184. The number of halogens is 1. The molecule has 0 spiro atoms. The van der Waals surface area contributed by atoms with Crippen molar-refractivity contribution >= 4 is 51.4 Å². The van der Waals surface area contributed by atoms with Gasteiger partial charge in [-0.25, -0.2) is 0 Å². The van der Waals surface area contributed by atoms with E-state index in [4.69, 9.17) is 4.74 Å². The Bertz CT molecular complexity index is 853. The Kier molecular flexibility index (Phi) is 10.2. The fourth-order valence-corrected chi connectivity index (χ4v) is 3.87. The number of aliphatic hydroxyl groups excluding tert-OH is 1. The van der Waals surface area contributed by atoms with Crippen molar-refractivity contribution < 1.29 is 9.84 Å². The van der Waals surface area contributed by atoms with E-state index in [0.29, 0.717) is 19.1 Å². The lowest BCUT2D eigenvalue weighted by atomic mass is 10.2. The summed E-state index contributed by atoms with van der Waals surface area (Å²) in [7, 11) is 1.74. The van der Waals surface area contributed by atoms with E-state index in [1.165, 1.54) is 10.1 Å². The molecule has 2 aromatic carbocycles. The van der Waals surface area contributed by atoms with Crippen LogP contribution < -0.4 is 15.4 Å². The zero-order chi connectivity index (χ0) is 19.6. The summed E-state index contributed by atoms with van der Waals surface area (Å²) in [5, 5.41) is 18.1. The van der Waals surface area contributed by atoms with E-state index in [9.17, 15) is 5.11 Å². The molecular formula is C22H28IN3O2S. The SMILES string of the molecule is CN=C(NCCCCOc1ccccc1)NCC(O)c1cc2ccccc2s1.I. The number of ether oxygens (including phenoxy) is 1. The Labute approximate surface area is 193 Å². The van der Waals surface area contributed by atoms with Crippen LogP contribution in [0.15, 0.2) is 65.7 Å². The van der Waals surface area contributed by atoms with Crippen molar-refractivity contribution in [2.75, 3.05) is 26.7 Å². The van der Waals surface area contributed by atoms with Crippen LogP contribution in [0.2, 0.25) is 0 Å². The Balaban J connectivity index is 0.00000300. The molecule has 0 bridgehead atoms. The second-order valence-corrected chi connectivity index (χ2v) is 7.57. The van der Waals surface area contributed by atoms with Gasteiger partial charge < -0.3 is 20.5 Å². The van der Waals surface area contributed by atoms with E-state index in [0.717, 1.165) is 30.0 Å². The molecule has 0 amide bonds. The number of hydrogen-bond acceptors (Lipinski definition) is 4. The number of rotatable bonds is 9. The minimum absolute atomic E-state index is 0. The maximum Gasteiger partial charge on any atom is 0.191 e. The number of hydrogen-bond donors (Lipinski definition) is 3. The van der Waals surface area contributed by atoms with Crippen LogP contribution in [0.25, 0.3) is 10.1 Å². The predicted molar refractivity (Wildman–Crippen MR) is 133 cm³/mol. The van der Waals surface area contributed by atoms with Gasteiger partial charge >= 0.3 is 0 Å². The van der Waals surface area contributed by atoms with Gasteiger partial charge in [-0.3, -0.25) is 4.99 Å². The number of benzene rings is 2. The minimum atomic E-state index is -0.560. The molecule has 0 fully saturated rings. The zero-order valence-corrected chi connectivity index (χ0v) is 19.7. The normalized spacial score (nSPS) is 12.3. The lowest BCUT2D eigenvalue weighted by Crippen LogP contribution is -2.39. The highest BCUT2D eigenvalue weighted by atomic mass is 127. The molecule has 0 aliphatic carbocycles. The Morgan fingerprint density at radius 1 is 1.07 bits per heavy atom. The average molecular weight is 525 g/mol. The highest BCUT2D eigenvalue weighted by Crippen LogP contribution is 2.29. The van der Waals surface area contributed by atoms with Crippen LogP contribution in [0, 0.1) is 0 Å². The molecule has 0 radical (unpaired) electrons. The summed E-state index contributed by atoms with van der Waals surface area (Å²) in [6.45, 7) is 1.92. The van der Waals surface area contributed by atoms with Crippen molar-refractivity contribution in [3.63, 3.8) is 0 Å². The molecule has 1 atom stereocenters. The molecule has 1 heterocycles. The minimum Gasteiger partial charge on any atom is -0.494 e. The van der Waals surface area contributed by atoms with Crippen LogP contribution in [0.5, 0.6) is 5.75 Å². The third kappa shape index (κ3) is 7.49. The first-order valence-corrected chi connectivity index (χ1v) is 10.4. The Hall–Kier alpha value is -1.84. The Morgan fingerprint density at radius 3 is 2.59 bits per heavy atom. The van der Waals surface area contributed by atoms with Gasteiger partial charge in [0.2, 0.25) is 0 Å². The number of nitrogens with zero attached hydrogens (tertiary/aromatic N) is 1. The predicted octanol–water partition coefficient (Wildman–Crippen LogP) is 4.58. The van der Waals surface area contributed by atoms with Crippen molar-refractivity contribution in [2.24, 2.45) is 4.99 Å². The van der Waals surface area contributed by atoms with Crippen LogP contribution in [-0.4, -0.2) is 37.8 Å². The fraction of sp³-hybridized carbons (Fsp3) is 0.318. The van der Waals surface area contributed by atoms with Crippen molar-refractivity contribution in [3.05, 3.63) is 65.5 Å². The third-order valence-electron chi connectivity index (χ3n) is 4.33. The van der Waals surface area contributed by atoms with Gasteiger partial charge in [-0.05, 0) is 42.5 Å². The molecule has 0 aliphatic heterocycles. The maximum atomic E-state index is 10.5. The summed E-state index contributed by atoms with van der Waals surface area (Å²) in [4.78, 5) is 5.18. The molecule has 0 saturated heterocycles. The van der Waals surface area contributed by atoms with Crippen molar-refractivity contribution in [2.45, 2.75) is 18.9 Å². The number of nitrogens with one attached hydrogen (secondary N) is 2. The standard InChI is InChI=1S/C22H27N3O2S.HI/c1-23-22(24-13-7-8-14-27-18-10-3-2-4-11-18)25-16-19(26)21-15-17-9-5-6-12-20(17)28-21;/h2-6,9-12,15,19,26H,7-8,13-14,16H2,1H3,(H2,23,24,25);1H. The number of para-hydroxylation sites is 1. The number of aliphatic imine (C=N–C) groups is 1. The first-order valence-electron chi connectivity index (χ1n) is 9.55. The number of fused-ring (bicyclic) bond motifs is 1. The smallest absolute Gasteiger partial charge is 0.191 e. The number of guanidine groups is 1. The third-order valence-corrected chi connectivity index (χ3v) is 5.55. The van der Waals surface area contributed by atoms with Gasteiger partial charge in [0, 0.05) is 29.7 Å². The van der Waals surface area contributed by atoms with Crippen molar-refractivity contribution in [1.29, 1.82) is 0 Å². The van der Waals surface area contributed by atoms with E-state index in [2.05, 4.69) is 33.8 Å². The highest BCUT2D eigenvalue weighted by Gasteiger charge is 2.12. The average Bonchev–Trinajstić information content (AvgIpc) is 3.17. The molecule has 5 nitrogen and oxygen atoms in total. The van der Waals surface area contributed by atoms with Crippen LogP contribution in [0.4, 0.5) is 0 Å². The topological polar surface area (TPSA) is 65.9 Å². The van der Waals surface area contributed by atoms with E-state index in [-0.39, 0.29) is 24.0 Å². The summed E-state index contributed by atoms with van der Waals surface area (Å²) < 4.78 is 6.88. The summed E-state index contributed by atoms with van der Waals surface area (Å²) in [5.41, 5.74) is 0. The molecule has 3 N–H and O–H groups in total. The molecule has 0 aliphatic rings. The molecular weight excluding hydrogens is 497 g/mol. The first-order chi connectivity index (χ1) is 13.8. The van der Waals surface area contributed by atoms with Crippen LogP contribution >= 0.6 is 35.3 Å². The van der Waals surface area contributed by atoms with Gasteiger partial charge in [0.1, 0.15) is 11.9 Å². The molecule has 3 rings (SSSR count). The number of unbranched alkanes of at least 4 members (excludes halogenated alkanes) is 1. The summed E-state index contributed by atoms with van der Waals surface area (Å²) in [5.74, 6) is 1.60. The zero-order valence-electron chi connectivity index (χ0n) is 16.5. The van der Waals surface area contributed by atoms with Crippen LogP contribution in [0.1, 0.15) is 23.8 Å².